The molecule has 0 bridgehead atoms. The van der Waals surface area contributed by atoms with Gasteiger partial charge in [0.25, 0.3) is 0 Å². The number of carbonyl (C=O) groups is 1. The SMILES string of the molecule is CC(C)(C)c1cc(Br)cc(C=O)n1. The summed E-state index contributed by atoms with van der Waals surface area (Å²) in [5, 5.41) is 0. The Morgan fingerprint density at radius 1 is 1.38 bits per heavy atom. The molecule has 1 rings (SSSR count). The van der Waals surface area contributed by atoms with E-state index in [1.54, 1.807) is 6.07 Å². The summed E-state index contributed by atoms with van der Waals surface area (Å²) in [5.74, 6) is 0. The van der Waals surface area contributed by atoms with Gasteiger partial charge < -0.3 is 0 Å². The Morgan fingerprint density at radius 2 is 2.00 bits per heavy atom. The van der Waals surface area contributed by atoms with E-state index in [1.165, 1.54) is 0 Å². The minimum absolute atomic E-state index is 0.0263. The van der Waals surface area contributed by atoms with Crippen molar-refractivity contribution in [2.24, 2.45) is 0 Å². The molecule has 0 aliphatic heterocycles. The quantitative estimate of drug-likeness (QED) is 0.708. The lowest BCUT2D eigenvalue weighted by molar-refractivity contribution is 0.111. The molecule has 0 radical (unpaired) electrons. The number of hydrogen-bond donors (Lipinski definition) is 0. The number of halogens is 1. The first-order chi connectivity index (χ1) is 5.93. The van der Waals surface area contributed by atoms with E-state index in [0.29, 0.717) is 5.69 Å². The fourth-order valence-electron chi connectivity index (χ4n) is 0.962. The minimum atomic E-state index is -0.0263. The summed E-state index contributed by atoms with van der Waals surface area (Å²) in [6, 6.07) is 3.65. The smallest absolute Gasteiger partial charge is 0.168 e. The van der Waals surface area contributed by atoms with Crippen LogP contribution in [0.15, 0.2) is 16.6 Å². The van der Waals surface area contributed by atoms with Crippen molar-refractivity contribution in [3.05, 3.63) is 28.0 Å². The Bertz CT molecular complexity index is 328. The van der Waals surface area contributed by atoms with E-state index in [2.05, 4.69) is 41.7 Å². The third-order valence-corrected chi connectivity index (χ3v) is 2.16. The summed E-state index contributed by atoms with van der Waals surface area (Å²) in [7, 11) is 0. The number of hydrogen-bond acceptors (Lipinski definition) is 2. The standard InChI is InChI=1S/C10H12BrNO/c1-10(2,3)9-5-7(11)4-8(6-13)12-9/h4-6H,1-3H3. The van der Waals surface area contributed by atoms with E-state index in [1.807, 2.05) is 6.07 Å². The third-order valence-electron chi connectivity index (χ3n) is 1.70. The van der Waals surface area contributed by atoms with Gasteiger partial charge in [-0.25, -0.2) is 4.98 Å². The average molecular weight is 242 g/mol. The molecule has 0 unspecified atom stereocenters. The molecular formula is C10H12BrNO. The maximum absolute atomic E-state index is 10.6. The first-order valence-corrected chi connectivity index (χ1v) is 4.86. The molecule has 0 aromatic carbocycles. The van der Waals surface area contributed by atoms with E-state index in [0.717, 1.165) is 16.5 Å². The highest BCUT2D eigenvalue weighted by atomic mass is 79.9. The van der Waals surface area contributed by atoms with E-state index in [9.17, 15) is 4.79 Å². The molecule has 0 atom stereocenters. The summed E-state index contributed by atoms with van der Waals surface area (Å²) in [6.07, 6.45) is 0.764. The number of carbonyl (C=O) groups excluding carboxylic acids is 1. The Labute approximate surface area is 86.5 Å². The van der Waals surface area contributed by atoms with Crippen LogP contribution in [-0.2, 0) is 5.41 Å². The fraction of sp³-hybridized carbons (Fsp3) is 0.400. The first kappa shape index (κ1) is 10.4. The molecule has 0 aliphatic carbocycles. The van der Waals surface area contributed by atoms with Gasteiger partial charge in [-0.3, -0.25) is 4.79 Å². The van der Waals surface area contributed by atoms with Crippen molar-refractivity contribution in [1.82, 2.24) is 4.98 Å². The first-order valence-electron chi connectivity index (χ1n) is 4.07. The Morgan fingerprint density at radius 3 is 2.46 bits per heavy atom. The molecule has 0 saturated heterocycles. The van der Waals surface area contributed by atoms with Crippen LogP contribution in [-0.4, -0.2) is 11.3 Å². The molecule has 1 aromatic heterocycles. The number of aromatic nitrogens is 1. The monoisotopic (exact) mass is 241 g/mol. The second kappa shape index (κ2) is 3.58. The Balaban J connectivity index is 3.24. The van der Waals surface area contributed by atoms with E-state index >= 15 is 0 Å². The number of rotatable bonds is 1. The second-order valence-electron chi connectivity index (χ2n) is 3.96. The summed E-state index contributed by atoms with van der Waals surface area (Å²) in [6.45, 7) is 6.20. The number of nitrogens with zero attached hydrogens (tertiary/aromatic N) is 1. The highest BCUT2D eigenvalue weighted by Gasteiger charge is 2.16. The second-order valence-corrected chi connectivity index (χ2v) is 4.88. The van der Waals surface area contributed by atoms with Gasteiger partial charge in [-0.15, -0.1) is 0 Å². The lowest BCUT2D eigenvalue weighted by Crippen LogP contribution is -2.14. The molecule has 0 saturated carbocycles. The Kier molecular flexibility index (Phi) is 2.86. The maximum atomic E-state index is 10.6. The molecule has 13 heavy (non-hydrogen) atoms. The zero-order valence-electron chi connectivity index (χ0n) is 7.97. The fourth-order valence-corrected chi connectivity index (χ4v) is 1.41. The van der Waals surface area contributed by atoms with Crippen LogP contribution < -0.4 is 0 Å². The van der Waals surface area contributed by atoms with Crippen LogP contribution in [0.4, 0.5) is 0 Å². The average Bonchev–Trinajstić information content (AvgIpc) is 2.01. The Hall–Kier alpha value is -0.700. The lowest BCUT2D eigenvalue weighted by Gasteiger charge is -2.17. The van der Waals surface area contributed by atoms with Crippen LogP contribution in [0.1, 0.15) is 37.0 Å². The van der Waals surface area contributed by atoms with Gasteiger partial charge in [0, 0.05) is 15.6 Å². The summed E-state index contributed by atoms with van der Waals surface area (Å²) >= 11 is 3.35. The van der Waals surface area contributed by atoms with Crippen molar-refractivity contribution in [3.63, 3.8) is 0 Å². The zero-order chi connectivity index (χ0) is 10.1. The predicted octanol–water partition coefficient (Wildman–Crippen LogP) is 2.95. The third kappa shape index (κ3) is 2.62. The highest BCUT2D eigenvalue weighted by molar-refractivity contribution is 9.10. The van der Waals surface area contributed by atoms with Gasteiger partial charge >= 0.3 is 0 Å². The molecule has 0 aliphatic rings. The maximum Gasteiger partial charge on any atom is 0.168 e. The lowest BCUT2D eigenvalue weighted by atomic mass is 9.91. The molecule has 1 heterocycles. The largest absolute Gasteiger partial charge is 0.296 e. The van der Waals surface area contributed by atoms with Gasteiger partial charge in [-0.05, 0) is 12.1 Å². The van der Waals surface area contributed by atoms with Gasteiger partial charge in [0.2, 0.25) is 0 Å². The van der Waals surface area contributed by atoms with E-state index < -0.39 is 0 Å². The van der Waals surface area contributed by atoms with Crippen LogP contribution in [0.5, 0.6) is 0 Å². The van der Waals surface area contributed by atoms with Crippen molar-refractivity contribution in [2.75, 3.05) is 0 Å². The number of pyridine rings is 1. The van der Waals surface area contributed by atoms with Crippen LogP contribution in [0.2, 0.25) is 0 Å². The van der Waals surface area contributed by atoms with Crippen molar-refractivity contribution in [3.8, 4) is 0 Å². The van der Waals surface area contributed by atoms with Crippen molar-refractivity contribution < 1.29 is 4.79 Å². The van der Waals surface area contributed by atoms with Crippen LogP contribution in [0, 0.1) is 0 Å². The van der Waals surface area contributed by atoms with Crippen LogP contribution in [0.25, 0.3) is 0 Å². The zero-order valence-corrected chi connectivity index (χ0v) is 9.55. The van der Waals surface area contributed by atoms with Crippen molar-refractivity contribution in [1.29, 1.82) is 0 Å². The molecule has 1 aromatic rings. The van der Waals surface area contributed by atoms with Gasteiger partial charge in [-0.2, -0.15) is 0 Å². The summed E-state index contributed by atoms with van der Waals surface area (Å²) in [5.41, 5.74) is 1.37. The molecule has 3 heteroatoms. The van der Waals surface area contributed by atoms with Gasteiger partial charge in [0.05, 0.1) is 0 Å². The molecule has 0 spiro atoms. The minimum Gasteiger partial charge on any atom is -0.296 e. The van der Waals surface area contributed by atoms with Crippen molar-refractivity contribution in [2.45, 2.75) is 26.2 Å². The molecule has 2 nitrogen and oxygen atoms in total. The van der Waals surface area contributed by atoms with Gasteiger partial charge in [0.1, 0.15) is 5.69 Å². The number of aldehydes is 1. The molecule has 0 N–H and O–H groups in total. The molecule has 70 valence electrons. The summed E-state index contributed by atoms with van der Waals surface area (Å²) < 4.78 is 0.898. The van der Waals surface area contributed by atoms with E-state index in [-0.39, 0.29) is 5.41 Å². The van der Waals surface area contributed by atoms with Crippen molar-refractivity contribution >= 4 is 22.2 Å². The van der Waals surface area contributed by atoms with Crippen LogP contribution >= 0.6 is 15.9 Å². The van der Waals surface area contributed by atoms with Gasteiger partial charge in [0.15, 0.2) is 6.29 Å². The molecule has 0 amide bonds. The summed E-state index contributed by atoms with van der Waals surface area (Å²) in [4.78, 5) is 14.8. The highest BCUT2D eigenvalue weighted by Crippen LogP contribution is 2.23. The topological polar surface area (TPSA) is 30.0 Å². The molecule has 0 fully saturated rings. The normalized spacial score (nSPS) is 11.4. The predicted molar refractivity (Wildman–Crippen MR) is 56.0 cm³/mol. The van der Waals surface area contributed by atoms with Crippen LogP contribution in [0.3, 0.4) is 0 Å². The van der Waals surface area contributed by atoms with Gasteiger partial charge in [-0.1, -0.05) is 36.7 Å². The van der Waals surface area contributed by atoms with E-state index in [4.69, 9.17) is 0 Å². The molecular weight excluding hydrogens is 230 g/mol.